The number of rotatable bonds is 4. The normalized spacial score (nSPS) is 19.8. The lowest BCUT2D eigenvalue weighted by Crippen LogP contribution is -2.43. The topological polar surface area (TPSA) is 62.6 Å². The van der Waals surface area contributed by atoms with Crippen LogP contribution in [0.15, 0.2) is 48.8 Å². The Hall–Kier alpha value is -3.60. The van der Waals surface area contributed by atoms with Gasteiger partial charge in [-0.2, -0.15) is 13.2 Å². The molecular formula is C27H27F4N5O2. The summed E-state index contributed by atoms with van der Waals surface area (Å²) in [6.07, 6.45) is -2.30. The summed E-state index contributed by atoms with van der Waals surface area (Å²) in [4.78, 5) is 20.1. The molecule has 3 aliphatic heterocycles. The van der Waals surface area contributed by atoms with E-state index in [0.29, 0.717) is 11.1 Å². The van der Waals surface area contributed by atoms with Gasteiger partial charge in [0.25, 0.3) is 0 Å². The van der Waals surface area contributed by atoms with Crippen LogP contribution in [0.5, 0.6) is 5.88 Å². The first-order valence-electron chi connectivity index (χ1n) is 12.8. The van der Waals surface area contributed by atoms with Gasteiger partial charge in [-0.3, -0.25) is 0 Å². The highest BCUT2D eigenvalue weighted by Gasteiger charge is 2.44. The van der Waals surface area contributed by atoms with Gasteiger partial charge in [0.2, 0.25) is 5.88 Å². The number of nitrogens with zero attached hydrogens (tertiary/aromatic N) is 4. The Morgan fingerprint density at radius 2 is 1.58 bits per heavy atom. The molecule has 38 heavy (non-hydrogen) atoms. The Balaban J connectivity index is 1.21. The second kappa shape index (κ2) is 9.61. The van der Waals surface area contributed by atoms with Crippen molar-refractivity contribution in [3.05, 3.63) is 60.2 Å². The molecule has 3 aliphatic rings. The summed E-state index contributed by atoms with van der Waals surface area (Å²) < 4.78 is 59.9. The van der Waals surface area contributed by atoms with E-state index in [1.54, 1.807) is 10.6 Å². The summed E-state index contributed by atoms with van der Waals surface area (Å²) in [6, 6.07) is 12.6. The average Bonchev–Trinajstić information content (AvgIpc) is 3.48. The minimum absolute atomic E-state index is 0.0311. The monoisotopic (exact) mass is 529 g/mol. The van der Waals surface area contributed by atoms with Crippen LogP contribution in [0.3, 0.4) is 0 Å². The molecule has 1 aromatic heterocycles. The molecule has 7 nitrogen and oxygen atoms in total. The van der Waals surface area contributed by atoms with Gasteiger partial charge in [-0.25, -0.2) is 14.2 Å². The van der Waals surface area contributed by atoms with E-state index in [4.69, 9.17) is 0 Å². The number of benzene rings is 2. The highest BCUT2D eigenvalue weighted by Crippen LogP contribution is 2.50. The number of alkyl halides is 3. The van der Waals surface area contributed by atoms with Gasteiger partial charge in [0.05, 0.1) is 12.4 Å². The number of carbonyl (C=O) groups is 1. The van der Waals surface area contributed by atoms with Gasteiger partial charge in [0.15, 0.2) is 0 Å². The lowest BCUT2D eigenvalue weighted by Gasteiger charge is -2.37. The Bertz CT molecular complexity index is 1330. The van der Waals surface area contributed by atoms with Crippen LogP contribution in [0.4, 0.5) is 28.9 Å². The first kappa shape index (κ1) is 24.7. The van der Waals surface area contributed by atoms with Crippen LogP contribution < -0.4 is 19.9 Å². The number of halogens is 4. The predicted molar refractivity (Wildman–Crippen MR) is 134 cm³/mol. The summed E-state index contributed by atoms with van der Waals surface area (Å²) in [5, 5.41) is 3.36. The number of piperidine rings is 1. The summed E-state index contributed by atoms with van der Waals surface area (Å²) in [5.41, 5.74) is 3.35. The Labute approximate surface area is 217 Å². The van der Waals surface area contributed by atoms with Crippen molar-refractivity contribution in [3.8, 4) is 17.1 Å². The molecule has 0 radical (unpaired) electrons. The van der Waals surface area contributed by atoms with Gasteiger partial charge in [-0.05, 0) is 49.1 Å². The summed E-state index contributed by atoms with van der Waals surface area (Å²) in [5.74, 6) is -3.21. The number of hydrogen-bond donors (Lipinski definition) is 1. The number of carbonyl (C=O) groups excluding carboxylic acids is 1. The maximum atomic E-state index is 15.1. The van der Waals surface area contributed by atoms with Gasteiger partial charge in [-0.15, -0.1) is 0 Å². The number of nitrogens with one attached hydrogen (secondary N) is 1. The van der Waals surface area contributed by atoms with E-state index < -0.39 is 29.9 Å². The second-order valence-electron chi connectivity index (χ2n) is 9.92. The summed E-state index contributed by atoms with van der Waals surface area (Å²) in [7, 11) is 0. The first-order valence-corrected chi connectivity index (χ1v) is 12.8. The quantitative estimate of drug-likeness (QED) is 0.400. The molecule has 11 heteroatoms. The van der Waals surface area contributed by atoms with E-state index in [2.05, 4.69) is 49.1 Å². The minimum atomic E-state index is -5.16. The maximum Gasteiger partial charge on any atom is 0.491 e. The zero-order valence-corrected chi connectivity index (χ0v) is 20.5. The third kappa shape index (κ3) is 4.38. The number of aromatic nitrogens is 2. The van der Waals surface area contributed by atoms with Crippen LogP contribution in [0.2, 0.25) is 0 Å². The van der Waals surface area contributed by atoms with E-state index in [1.807, 2.05) is 0 Å². The number of anilines is 2. The van der Waals surface area contributed by atoms with Crippen molar-refractivity contribution in [2.45, 2.75) is 25.1 Å². The number of imidazole rings is 1. The summed E-state index contributed by atoms with van der Waals surface area (Å²) in [6.45, 7) is 5.45. The predicted octanol–water partition coefficient (Wildman–Crippen LogP) is 4.39. The Morgan fingerprint density at radius 1 is 0.947 bits per heavy atom. The number of piperazine rings is 1. The van der Waals surface area contributed by atoms with Crippen molar-refractivity contribution in [3.63, 3.8) is 0 Å². The molecule has 4 heterocycles. The van der Waals surface area contributed by atoms with Crippen molar-refractivity contribution in [2.24, 2.45) is 5.92 Å². The van der Waals surface area contributed by atoms with Gasteiger partial charge >= 0.3 is 12.1 Å². The van der Waals surface area contributed by atoms with E-state index in [1.165, 1.54) is 24.1 Å². The maximum absolute atomic E-state index is 15.1. The molecule has 3 aromatic rings. The van der Waals surface area contributed by atoms with E-state index >= 15 is 4.39 Å². The fourth-order valence-electron chi connectivity index (χ4n) is 5.95. The lowest BCUT2D eigenvalue weighted by molar-refractivity contribution is -0.189. The lowest BCUT2D eigenvalue weighted by atomic mass is 9.85. The summed E-state index contributed by atoms with van der Waals surface area (Å²) >= 11 is 0. The molecule has 0 saturated carbocycles. The second-order valence-corrected chi connectivity index (χ2v) is 9.92. The van der Waals surface area contributed by atoms with E-state index in [0.717, 1.165) is 57.8 Å². The standard InChI is InChI=1S/C27H27F4N5O2/c28-21-3-1-2-20-22(21)23(36-16-33-25(24(20)36)38-26(37)27(29,30)31)17-8-12-34(13-9-17)18-4-6-19(7-5-18)35-14-10-32-11-15-35/h1-7,16-17,23,32H,8-15H2. The van der Waals surface area contributed by atoms with Crippen LogP contribution in [-0.2, 0) is 4.79 Å². The zero-order chi connectivity index (χ0) is 26.4. The fourth-order valence-corrected chi connectivity index (χ4v) is 5.95. The molecule has 2 aromatic carbocycles. The van der Waals surface area contributed by atoms with E-state index in [-0.39, 0.29) is 11.6 Å². The third-order valence-corrected chi connectivity index (χ3v) is 7.77. The molecule has 200 valence electrons. The molecule has 2 fully saturated rings. The SMILES string of the molecule is O=C(Oc1ncn2c1-c1cccc(F)c1C2C1CCN(c2ccc(N3CCNCC3)cc2)CC1)C(F)(F)F. The molecule has 0 bridgehead atoms. The Kier molecular flexibility index (Phi) is 6.25. The van der Waals surface area contributed by atoms with Crippen LogP contribution >= 0.6 is 0 Å². The third-order valence-electron chi connectivity index (χ3n) is 7.77. The van der Waals surface area contributed by atoms with Gasteiger partial charge in [0, 0.05) is 61.8 Å². The first-order chi connectivity index (χ1) is 18.3. The van der Waals surface area contributed by atoms with Crippen LogP contribution in [0.1, 0.15) is 24.4 Å². The Morgan fingerprint density at radius 3 is 2.21 bits per heavy atom. The number of fused-ring (bicyclic) bond motifs is 3. The molecule has 1 atom stereocenters. The van der Waals surface area contributed by atoms with E-state index in [9.17, 15) is 18.0 Å². The van der Waals surface area contributed by atoms with Crippen molar-refractivity contribution < 1.29 is 27.1 Å². The largest absolute Gasteiger partial charge is 0.491 e. The molecule has 6 rings (SSSR count). The number of hydrogen-bond acceptors (Lipinski definition) is 6. The van der Waals surface area contributed by atoms with Gasteiger partial charge in [0.1, 0.15) is 11.5 Å². The molecule has 0 spiro atoms. The molecule has 1 unspecified atom stereocenters. The number of ether oxygens (including phenoxy) is 1. The van der Waals surface area contributed by atoms with Crippen molar-refractivity contribution >= 4 is 17.3 Å². The minimum Gasteiger partial charge on any atom is -0.398 e. The molecule has 2 saturated heterocycles. The molecule has 1 N–H and O–H groups in total. The van der Waals surface area contributed by atoms with Gasteiger partial charge in [-0.1, -0.05) is 12.1 Å². The van der Waals surface area contributed by atoms with Crippen molar-refractivity contribution in [1.29, 1.82) is 0 Å². The smallest absolute Gasteiger partial charge is 0.398 e. The van der Waals surface area contributed by atoms with Crippen LogP contribution in [0.25, 0.3) is 11.3 Å². The van der Waals surface area contributed by atoms with Crippen LogP contribution in [0, 0.1) is 11.7 Å². The highest BCUT2D eigenvalue weighted by atomic mass is 19.4. The highest BCUT2D eigenvalue weighted by molar-refractivity contribution is 5.81. The molecule has 0 aliphatic carbocycles. The van der Waals surface area contributed by atoms with Gasteiger partial charge < -0.3 is 24.4 Å². The average molecular weight is 530 g/mol. The molecular weight excluding hydrogens is 502 g/mol. The molecule has 0 amide bonds. The zero-order valence-electron chi connectivity index (χ0n) is 20.5. The number of esters is 1. The van der Waals surface area contributed by atoms with Crippen molar-refractivity contribution in [1.82, 2.24) is 14.9 Å². The van der Waals surface area contributed by atoms with Crippen LogP contribution in [-0.4, -0.2) is 61.0 Å². The fraction of sp³-hybridized carbons (Fsp3) is 0.407. The van der Waals surface area contributed by atoms with Crippen molar-refractivity contribution in [2.75, 3.05) is 49.1 Å².